The van der Waals surface area contributed by atoms with Crippen LogP contribution in [0.2, 0.25) is 0 Å². The first-order chi connectivity index (χ1) is 14.1. The number of carboxylic acid groups (broad SMARTS) is 1. The highest BCUT2D eigenvalue weighted by Gasteiger charge is 2.43. The standard InChI is InChI=1S/C17H24N4O2.C2HF3O2/c1-12-4-5-16(19-18-12)21-9-6-13-10-14(23-15(13)11-21)17(22)20-7-2-3-8-20;3-2(4,5)1(6)7/h4-5,13-15H,2-3,6-11H2,1H3;(H,6,7)/t13-,14+,15-;/m0./s1. The molecule has 0 aliphatic carbocycles. The lowest BCUT2D eigenvalue weighted by Gasteiger charge is -2.34. The number of halogens is 3. The van der Waals surface area contributed by atoms with E-state index < -0.39 is 12.1 Å². The third-order valence-corrected chi connectivity index (χ3v) is 5.60. The zero-order valence-corrected chi connectivity index (χ0v) is 16.6. The van der Waals surface area contributed by atoms with Gasteiger partial charge in [0.15, 0.2) is 5.82 Å². The molecule has 3 saturated heterocycles. The number of aliphatic carboxylic acids is 1. The molecular weight excluding hydrogens is 405 g/mol. The maximum absolute atomic E-state index is 12.5. The van der Waals surface area contributed by atoms with Crippen LogP contribution in [0.4, 0.5) is 19.0 Å². The number of ether oxygens (including phenoxy) is 1. The van der Waals surface area contributed by atoms with E-state index in [1.165, 1.54) is 0 Å². The summed E-state index contributed by atoms with van der Waals surface area (Å²) in [7, 11) is 0. The second-order valence-corrected chi connectivity index (χ2v) is 7.76. The average molecular weight is 430 g/mol. The molecule has 0 radical (unpaired) electrons. The van der Waals surface area contributed by atoms with Crippen molar-refractivity contribution in [2.75, 3.05) is 31.1 Å². The molecule has 4 rings (SSSR count). The number of amides is 1. The number of carbonyl (C=O) groups is 2. The summed E-state index contributed by atoms with van der Waals surface area (Å²) in [4.78, 5) is 25.7. The molecule has 0 unspecified atom stereocenters. The van der Waals surface area contributed by atoms with Crippen molar-refractivity contribution in [3.05, 3.63) is 17.8 Å². The first-order valence-corrected chi connectivity index (χ1v) is 9.95. The van der Waals surface area contributed by atoms with Crippen LogP contribution in [-0.4, -0.2) is 76.6 Å². The van der Waals surface area contributed by atoms with E-state index in [0.717, 1.165) is 63.4 Å². The number of aryl methyl sites for hydroxylation is 1. The van der Waals surface area contributed by atoms with Crippen molar-refractivity contribution >= 4 is 17.7 Å². The van der Waals surface area contributed by atoms with Gasteiger partial charge in [0.25, 0.3) is 5.91 Å². The predicted octanol–water partition coefficient (Wildman–Crippen LogP) is 2.02. The number of hydrogen-bond acceptors (Lipinski definition) is 6. The summed E-state index contributed by atoms with van der Waals surface area (Å²) in [6.45, 7) is 5.52. The molecule has 3 atom stereocenters. The van der Waals surface area contributed by atoms with Crippen molar-refractivity contribution < 1.29 is 32.6 Å². The fourth-order valence-corrected chi connectivity index (χ4v) is 4.00. The number of carboxylic acids is 1. The second kappa shape index (κ2) is 9.15. The number of aromatic nitrogens is 2. The third-order valence-electron chi connectivity index (χ3n) is 5.60. The third kappa shape index (κ3) is 5.38. The molecule has 0 bridgehead atoms. The molecule has 1 aromatic heterocycles. The lowest BCUT2D eigenvalue weighted by Crippen LogP contribution is -2.43. The molecule has 1 aromatic rings. The normalized spacial score (nSPS) is 26.1. The van der Waals surface area contributed by atoms with Gasteiger partial charge in [-0.3, -0.25) is 4.79 Å². The highest BCUT2D eigenvalue weighted by atomic mass is 19.4. The number of piperidine rings is 1. The lowest BCUT2D eigenvalue weighted by atomic mass is 9.91. The zero-order chi connectivity index (χ0) is 21.9. The Balaban J connectivity index is 0.000000318. The minimum absolute atomic E-state index is 0.142. The number of rotatable bonds is 2. The number of alkyl halides is 3. The maximum Gasteiger partial charge on any atom is 0.490 e. The number of nitrogens with zero attached hydrogens (tertiary/aromatic N) is 4. The summed E-state index contributed by atoms with van der Waals surface area (Å²) in [5.41, 5.74) is 0.928. The van der Waals surface area contributed by atoms with Gasteiger partial charge in [0.1, 0.15) is 6.10 Å². The second-order valence-electron chi connectivity index (χ2n) is 7.76. The van der Waals surface area contributed by atoms with Gasteiger partial charge in [-0.1, -0.05) is 0 Å². The Morgan fingerprint density at radius 3 is 2.40 bits per heavy atom. The van der Waals surface area contributed by atoms with Crippen molar-refractivity contribution in [2.45, 2.75) is 51.0 Å². The molecule has 166 valence electrons. The van der Waals surface area contributed by atoms with E-state index in [0.29, 0.717) is 5.92 Å². The Hall–Kier alpha value is -2.43. The van der Waals surface area contributed by atoms with Crippen LogP contribution < -0.4 is 4.90 Å². The summed E-state index contributed by atoms with van der Waals surface area (Å²) < 4.78 is 37.9. The van der Waals surface area contributed by atoms with Crippen LogP contribution in [0.3, 0.4) is 0 Å². The van der Waals surface area contributed by atoms with Crippen molar-refractivity contribution in [1.29, 1.82) is 0 Å². The smallest absolute Gasteiger partial charge is 0.475 e. The van der Waals surface area contributed by atoms with Crippen molar-refractivity contribution in [1.82, 2.24) is 15.1 Å². The highest BCUT2D eigenvalue weighted by molar-refractivity contribution is 5.81. The van der Waals surface area contributed by atoms with E-state index in [2.05, 4.69) is 15.1 Å². The van der Waals surface area contributed by atoms with Crippen molar-refractivity contribution in [2.24, 2.45) is 5.92 Å². The zero-order valence-electron chi connectivity index (χ0n) is 16.6. The van der Waals surface area contributed by atoms with Crippen molar-refractivity contribution in [3.63, 3.8) is 0 Å². The molecule has 1 amide bonds. The first-order valence-electron chi connectivity index (χ1n) is 9.95. The Morgan fingerprint density at radius 2 is 1.83 bits per heavy atom. The number of anilines is 1. The summed E-state index contributed by atoms with van der Waals surface area (Å²) >= 11 is 0. The molecule has 0 saturated carbocycles. The molecule has 0 aromatic carbocycles. The monoisotopic (exact) mass is 430 g/mol. The molecule has 3 aliphatic heterocycles. The van der Waals surface area contributed by atoms with Crippen LogP contribution in [0.15, 0.2) is 12.1 Å². The number of fused-ring (bicyclic) bond motifs is 1. The molecule has 30 heavy (non-hydrogen) atoms. The Bertz CT molecular complexity index is 753. The lowest BCUT2D eigenvalue weighted by molar-refractivity contribution is -0.192. The van der Waals surface area contributed by atoms with Gasteiger partial charge in [0, 0.05) is 26.2 Å². The van der Waals surface area contributed by atoms with E-state index in [1.54, 1.807) is 0 Å². The van der Waals surface area contributed by atoms with Gasteiger partial charge in [0.2, 0.25) is 0 Å². The van der Waals surface area contributed by atoms with Gasteiger partial charge < -0.3 is 19.6 Å². The summed E-state index contributed by atoms with van der Waals surface area (Å²) in [5, 5.41) is 15.5. The summed E-state index contributed by atoms with van der Waals surface area (Å²) in [6.07, 6.45) is -0.969. The molecular formula is C19H25F3N4O4. The van der Waals surface area contributed by atoms with Crippen LogP contribution in [0.5, 0.6) is 0 Å². The topological polar surface area (TPSA) is 95.9 Å². The SMILES string of the molecule is Cc1ccc(N2CC[C@H]3C[C@H](C(=O)N4CCCC4)O[C@H]3C2)nn1.O=C(O)C(F)(F)F. The Kier molecular flexibility index (Phi) is 6.79. The summed E-state index contributed by atoms with van der Waals surface area (Å²) in [6, 6.07) is 4.01. The van der Waals surface area contributed by atoms with Gasteiger partial charge in [0.05, 0.1) is 11.8 Å². The Morgan fingerprint density at radius 1 is 1.17 bits per heavy atom. The van der Waals surface area contributed by atoms with E-state index in [9.17, 15) is 18.0 Å². The van der Waals surface area contributed by atoms with Gasteiger partial charge in [-0.15, -0.1) is 5.10 Å². The quantitative estimate of drug-likeness (QED) is 0.767. The predicted molar refractivity (Wildman–Crippen MR) is 99.9 cm³/mol. The van der Waals surface area contributed by atoms with E-state index in [1.807, 2.05) is 24.0 Å². The highest BCUT2D eigenvalue weighted by Crippen LogP contribution is 2.35. The Labute approximate surface area is 172 Å². The van der Waals surface area contributed by atoms with Crippen LogP contribution in [0.1, 0.15) is 31.4 Å². The van der Waals surface area contributed by atoms with Gasteiger partial charge in [-0.25, -0.2) is 4.79 Å². The van der Waals surface area contributed by atoms with Crippen molar-refractivity contribution in [3.8, 4) is 0 Å². The van der Waals surface area contributed by atoms with Crippen LogP contribution in [0.25, 0.3) is 0 Å². The molecule has 4 heterocycles. The van der Waals surface area contributed by atoms with Crippen LogP contribution in [-0.2, 0) is 14.3 Å². The molecule has 11 heteroatoms. The molecule has 0 spiro atoms. The van der Waals surface area contributed by atoms with E-state index in [4.69, 9.17) is 14.6 Å². The van der Waals surface area contributed by atoms with Crippen LogP contribution >= 0.6 is 0 Å². The minimum atomic E-state index is -5.08. The number of hydrogen-bond donors (Lipinski definition) is 1. The maximum atomic E-state index is 12.5. The molecule has 8 nitrogen and oxygen atoms in total. The van der Waals surface area contributed by atoms with E-state index >= 15 is 0 Å². The fourth-order valence-electron chi connectivity index (χ4n) is 4.00. The van der Waals surface area contributed by atoms with Gasteiger partial charge in [-0.05, 0) is 50.7 Å². The summed E-state index contributed by atoms with van der Waals surface area (Å²) in [5.74, 6) is -1.14. The fraction of sp³-hybridized carbons (Fsp3) is 0.684. The van der Waals surface area contributed by atoms with Crippen LogP contribution in [0, 0.1) is 12.8 Å². The van der Waals surface area contributed by atoms with E-state index in [-0.39, 0.29) is 18.1 Å². The molecule has 3 aliphatic rings. The van der Waals surface area contributed by atoms with Gasteiger partial charge in [-0.2, -0.15) is 18.3 Å². The van der Waals surface area contributed by atoms with Gasteiger partial charge >= 0.3 is 12.1 Å². The molecule has 1 N–H and O–H groups in total. The molecule has 3 fully saturated rings. The largest absolute Gasteiger partial charge is 0.490 e. The number of likely N-dealkylation sites (tertiary alicyclic amines) is 1. The number of carbonyl (C=O) groups excluding carboxylic acids is 1. The minimum Gasteiger partial charge on any atom is -0.475 e. The first kappa shape index (κ1) is 22.3. The average Bonchev–Trinajstić information content (AvgIpc) is 3.37.